The highest BCUT2D eigenvalue weighted by Gasteiger charge is 2.34. The summed E-state index contributed by atoms with van der Waals surface area (Å²) in [6.07, 6.45) is 6.62. The molecule has 1 unspecified atom stereocenters. The molecule has 0 saturated carbocycles. The Kier molecular flexibility index (Phi) is 6.89. The zero-order chi connectivity index (χ0) is 15.9. The van der Waals surface area contributed by atoms with E-state index in [2.05, 4.69) is 10.4 Å². The fourth-order valence-electron chi connectivity index (χ4n) is 2.50. The van der Waals surface area contributed by atoms with E-state index in [-0.39, 0.29) is 12.0 Å². The molecule has 0 radical (unpaired) electrons. The highest BCUT2D eigenvalue weighted by Crippen LogP contribution is 2.17. The van der Waals surface area contributed by atoms with E-state index in [0.29, 0.717) is 6.61 Å². The molecule has 5 heteroatoms. The molecule has 1 heterocycles. The second-order valence-corrected chi connectivity index (χ2v) is 6.09. The van der Waals surface area contributed by atoms with E-state index < -0.39 is 5.54 Å². The molecule has 0 aliphatic heterocycles. The fourth-order valence-corrected chi connectivity index (χ4v) is 2.50. The van der Waals surface area contributed by atoms with Gasteiger partial charge >= 0.3 is 5.97 Å². The quantitative estimate of drug-likeness (QED) is 0.562. The molecule has 0 fully saturated rings. The van der Waals surface area contributed by atoms with Crippen molar-refractivity contribution in [3.8, 4) is 0 Å². The van der Waals surface area contributed by atoms with Crippen LogP contribution in [0.25, 0.3) is 0 Å². The van der Waals surface area contributed by atoms with Crippen molar-refractivity contribution in [1.82, 2.24) is 15.1 Å². The summed E-state index contributed by atoms with van der Waals surface area (Å²) in [5, 5.41) is 7.62. The van der Waals surface area contributed by atoms with E-state index in [1.807, 2.05) is 51.7 Å². The maximum Gasteiger partial charge on any atom is 0.326 e. The van der Waals surface area contributed by atoms with Crippen LogP contribution in [0.2, 0.25) is 0 Å². The molecule has 120 valence electrons. The molecule has 1 rings (SSSR count). The third-order valence-electron chi connectivity index (χ3n) is 3.41. The summed E-state index contributed by atoms with van der Waals surface area (Å²) in [6, 6.07) is 0.244. The Morgan fingerprint density at radius 3 is 2.71 bits per heavy atom. The molecule has 1 atom stereocenters. The van der Waals surface area contributed by atoms with Crippen LogP contribution >= 0.6 is 0 Å². The maximum atomic E-state index is 12.2. The summed E-state index contributed by atoms with van der Waals surface area (Å²) in [5.41, 5.74) is 0.567. The van der Waals surface area contributed by atoms with Gasteiger partial charge in [-0.3, -0.25) is 14.8 Å². The molecule has 0 aromatic carbocycles. The van der Waals surface area contributed by atoms with E-state index in [0.717, 1.165) is 25.8 Å². The number of nitrogens with one attached hydrogen (secondary N) is 1. The fraction of sp³-hybridized carbons (Fsp3) is 0.750. The Morgan fingerprint density at radius 1 is 1.48 bits per heavy atom. The summed E-state index contributed by atoms with van der Waals surface area (Å²) >= 11 is 0. The molecule has 1 aromatic heterocycles. The monoisotopic (exact) mass is 295 g/mol. The molecule has 5 nitrogen and oxygen atoms in total. The van der Waals surface area contributed by atoms with Crippen LogP contribution < -0.4 is 5.32 Å². The van der Waals surface area contributed by atoms with Crippen molar-refractivity contribution in [2.24, 2.45) is 0 Å². The van der Waals surface area contributed by atoms with Gasteiger partial charge < -0.3 is 4.74 Å². The Labute approximate surface area is 128 Å². The second kappa shape index (κ2) is 8.17. The van der Waals surface area contributed by atoms with Crippen LogP contribution in [0.15, 0.2) is 12.4 Å². The average Bonchev–Trinajstić information content (AvgIpc) is 2.80. The molecule has 0 spiro atoms. The van der Waals surface area contributed by atoms with Crippen molar-refractivity contribution < 1.29 is 9.53 Å². The van der Waals surface area contributed by atoms with Crippen LogP contribution in [0.1, 0.15) is 52.5 Å². The van der Waals surface area contributed by atoms with Crippen molar-refractivity contribution in [3.63, 3.8) is 0 Å². The number of aromatic nitrogens is 2. The number of unbranched alkanes of at least 4 members (excludes halogenated alkanes) is 1. The molecule has 0 aliphatic rings. The first-order chi connectivity index (χ1) is 9.87. The minimum absolute atomic E-state index is 0.159. The summed E-state index contributed by atoms with van der Waals surface area (Å²) in [6.45, 7) is 11.2. The number of aryl methyl sites for hydroxylation is 2. The molecular weight excluding hydrogens is 266 g/mol. The Morgan fingerprint density at radius 2 is 2.19 bits per heavy atom. The van der Waals surface area contributed by atoms with Crippen LogP contribution in [0.5, 0.6) is 0 Å². The Hall–Kier alpha value is -1.36. The molecule has 0 saturated heterocycles. The number of hydrogen-bond acceptors (Lipinski definition) is 4. The van der Waals surface area contributed by atoms with Gasteiger partial charge in [0.2, 0.25) is 0 Å². The molecule has 0 bridgehead atoms. The standard InChI is InChI=1S/C16H29N3O2/c1-6-21-15(20)16(5,18-13(2)3)9-7-8-10-19-12-14(4)11-17-19/h11-13,18H,6-10H2,1-5H3. The number of hydrogen-bond donors (Lipinski definition) is 1. The lowest BCUT2D eigenvalue weighted by atomic mass is 9.94. The average molecular weight is 295 g/mol. The molecule has 1 aromatic rings. The number of ether oxygens (including phenoxy) is 1. The topological polar surface area (TPSA) is 56.2 Å². The number of carbonyl (C=O) groups is 1. The second-order valence-electron chi connectivity index (χ2n) is 6.09. The van der Waals surface area contributed by atoms with E-state index in [1.54, 1.807) is 0 Å². The van der Waals surface area contributed by atoms with E-state index in [1.165, 1.54) is 5.56 Å². The third-order valence-corrected chi connectivity index (χ3v) is 3.41. The maximum absolute atomic E-state index is 12.2. The van der Waals surface area contributed by atoms with Crippen LogP contribution in [0, 0.1) is 6.92 Å². The van der Waals surface area contributed by atoms with Gasteiger partial charge in [-0.05, 0) is 59.4 Å². The van der Waals surface area contributed by atoms with Crippen molar-refractivity contribution in [3.05, 3.63) is 18.0 Å². The van der Waals surface area contributed by atoms with Gasteiger partial charge in [-0.1, -0.05) is 0 Å². The first-order valence-electron chi connectivity index (χ1n) is 7.81. The van der Waals surface area contributed by atoms with Gasteiger partial charge in [0.25, 0.3) is 0 Å². The Balaban J connectivity index is 2.47. The van der Waals surface area contributed by atoms with Gasteiger partial charge in [0.05, 0.1) is 12.8 Å². The zero-order valence-electron chi connectivity index (χ0n) is 14.0. The molecule has 0 aliphatic carbocycles. The van der Waals surface area contributed by atoms with Gasteiger partial charge in [0.1, 0.15) is 5.54 Å². The largest absolute Gasteiger partial charge is 0.465 e. The third kappa shape index (κ3) is 5.87. The van der Waals surface area contributed by atoms with Gasteiger partial charge in [-0.2, -0.15) is 5.10 Å². The molecule has 0 amide bonds. The van der Waals surface area contributed by atoms with Crippen molar-refractivity contribution in [2.45, 2.75) is 72.0 Å². The van der Waals surface area contributed by atoms with Gasteiger partial charge in [-0.25, -0.2) is 0 Å². The summed E-state index contributed by atoms with van der Waals surface area (Å²) in [7, 11) is 0. The number of esters is 1. The lowest BCUT2D eigenvalue weighted by molar-refractivity contribution is -0.151. The predicted octanol–water partition coefficient (Wildman–Crippen LogP) is 2.68. The minimum Gasteiger partial charge on any atom is -0.465 e. The van der Waals surface area contributed by atoms with Crippen molar-refractivity contribution in [1.29, 1.82) is 0 Å². The normalized spacial score (nSPS) is 14.2. The van der Waals surface area contributed by atoms with Gasteiger partial charge in [-0.15, -0.1) is 0 Å². The SMILES string of the molecule is CCOC(=O)C(C)(CCCCn1cc(C)cn1)NC(C)C. The first kappa shape index (κ1) is 17.7. The van der Waals surface area contributed by atoms with Crippen molar-refractivity contribution >= 4 is 5.97 Å². The van der Waals surface area contributed by atoms with Crippen LogP contribution in [-0.2, 0) is 16.1 Å². The minimum atomic E-state index is -0.607. The van der Waals surface area contributed by atoms with E-state index in [9.17, 15) is 4.79 Å². The molecule has 1 N–H and O–H groups in total. The predicted molar refractivity (Wildman–Crippen MR) is 84.1 cm³/mol. The van der Waals surface area contributed by atoms with Crippen LogP contribution in [0.4, 0.5) is 0 Å². The first-order valence-corrected chi connectivity index (χ1v) is 7.81. The lowest BCUT2D eigenvalue weighted by Gasteiger charge is -2.30. The summed E-state index contributed by atoms with van der Waals surface area (Å²) < 4.78 is 7.16. The van der Waals surface area contributed by atoms with Crippen LogP contribution in [-0.4, -0.2) is 33.9 Å². The molecular formula is C16H29N3O2. The van der Waals surface area contributed by atoms with Gasteiger partial charge in [0.15, 0.2) is 0 Å². The van der Waals surface area contributed by atoms with E-state index in [4.69, 9.17) is 4.74 Å². The highest BCUT2D eigenvalue weighted by atomic mass is 16.5. The van der Waals surface area contributed by atoms with E-state index >= 15 is 0 Å². The Bertz CT molecular complexity index is 442. The molecule has 21 heavy (non-hydrogen) atoms. The smallest absolute Gasteiger partial charge is 0.326 e. The van der Waals surface area contributed by atoms with Crippen molar-refractivity contribution in [2.75, 3.05) is 6.61 Å². The summed E-state index contributed by atoms with van der Waals surface area (Å²) in [5.74, 6) is -0.159. The number of rotatable bonds is 9. The zero-order valence-corrected chi connectivity index (χ0v) is 14.0. The number of carbonyl (C=O) groups excluding carboxylic acids is 1. The summed E-state index contributed by atoms with van der Waals surface area (Å²) in [4.78, 5) is 12.2. The lowest BCUT2D eigenvalue weighted by Crippen LogP contribution is -2.53. The van der Waals surface area contributed by atoms with Crippen LogP contribution in [0.3, 0.4) is 0 Å². The highest BCUT2D eigenvalue weighted by molar-refractivity contribution is 5.80. The number of nitrogens with zero attached hydrogens (tertiary/aromatic N) is 2. The van der Waals surface area contributed by atoms with Gasteiger partial charge in [0, 0.05) is 18.8 Å².